The molecule has 0 spiro atoms. The zero-order valence-electron chi connectivity index (χ0n) is 13.2. The van der Waals surface area contributed by atoms with Gasteiger partial charge in [-0.05, 0) is 5.04 Å². The molecule has 0 heterocycles. The Morgan fingerprint density at radius 1 is 0.700 bits per heavy atom. The van der Waals surface area contributed by atoms with Gasteiger partial charge in [-0.1, -0.05) is 91.8 Å². The highest BCUT2D eigenvalue weighted by Crippen LogP contribution is 2.26. The van der Waals surface area contributed by atoms with E-state index in [0.717, 1.165) is 0 Å². The van der Waals surface area contributed by atoms with Crippen molar-refractivity contribution in [2.45, 2.75) is 25.8 Å². The predicted octanol–water partition coefficient (Wildman–Crippen LogP) is 3.36. The zero-order chi connectivity index (χ0) is 15.0. The summed E-state index contributed by atoms with van der Waals surface area (Å²) in [7, 11) is 2.53. The fourth-order valence-electron chi connectivity index (χ4n) is 2.24. The second-order valence-corrected chi connectivity index (χ2v) is 9.17. The number of hydrogen-bond donors (Lipinski definition) is 0. The molecule has 0 amide bonds. The minimum absolute atomic E-state index is 0.327. The van der Waals surface area contributed by atoms with Crippen LogP contribution in [0.25, 0.3) is 0 Å². The number of hydrogen-bond acceptors (Lipinski definition) is 1. The lowest BCUT2D eigenvalue weighted by molar-refractivity contribution is 0.277. The number of benzene rings is 2. The van der Waals surface area contributed by atoms with E-state index in [-0.39, 0.29) is 0 Å². The van der Waals surface area contributed by atoms with E-state index < -0.39 is 8.80 Å². The summed E-state index contributed by atoms with van der Waals surface area (Å²) in [4.78, 5) is 0. The molecule has 1 radical (unpaired) electrons. The molecular weight excluding hydrogens is 260 g/mol. The topological polar surface area (TPSA) is 9.23 Å². The molecule has 0 atom stereocenters. The highest BCUT2D eigenvalue weighted by molar-refractivity contribution is 6.87. The van der Waals surface area contributed by atoms with Gasteiger partial charge < -0.3 is 4.74 Å². The van der Waals surface area contributed by atoms with Crippen LogP contribution in [0.2, 0.25) is 5.04 Å². The predicted molar refractivity (Wildman–Crippen MR) is 90.6 cm³/mol. The fraction of sp³-hybridized carbons (Fsp3) is 0.333. The summed E-state index contributed by atoms with van der Waals surface area (Å²) in [6, 6.07) is 21.9. The van der Waals surface area contributed by atoms with Crippen LogP contribution >= 0.6 is 0 Å². The Morgan fingerprint density at radius 3 is 1.25 bits per heavy atom. The number of rotatable bonds is 2. The standard InChI is InChI=1S/C16H19Si.C2H6O/c1-16(2,3)17(14-10-6-4-7-11-14)15-12-8-5-9-13-15;1-3-2/h4-13H,1-3H3;1-2H3. The van der Waals surface area contributed by atoms with Crippen molar-refractivity contribution in [3.05, 3.63) is 60.7 Å². The summed E-state index contributed by atoms with van der Waals surface area (Å²) in [5, 5.41) is 3.32. The van der Waals surface area contributed by atoms with Crippen molar-refractivity contribution in [3.8, 4) is 0 Å². The molecule has 2 heteroatoms. The van der Waals surface area contributed by atoms with Crippen LogP contribution in [0.1, 0.15) is 20.8 Å². The molecule has 0 aliphatic rings. The van der Waals surface area contributed by atoms with Crippen LogP contribution in [0, 0.1) is 0 Å². The van der Waals surface area contributed by atoms with Gasteiger partial charge in [0.2, 0.25) is 0 Å². The van der Waals surface area contributed by atoms with Crippen LogP contribution in [-0.4, -0.2) is 23.0 Å². The van der Waals surface area contributed by atoms with Crippen molar-refractivity contribution >= 4 is 19.2 Å². The summed E-state index contributed by atoms with van der Waals surface area (Å²) in [5.74, 6) is 0. The van der Waals surface area contributed by atoms with E-state index in [1.807, 2.05) is 0 Å². The Bertz CT molecular complexity index is 434. The van der Waals surface area contributed by atoms with Gasteiger partial charge in [0.1, 0.15) is 8.80 Å². The van der Waals surface area contributed by atoms with Crippen LogP contribution < -0.4 is 10.4 Å². The third-order valence-electron chi connectivity index (χ3n) is 2.87. The first-order valence-electron chi connectivity index (χ1n) is 6.89. The van der Waals surface area contributed by atoms with Crippen LogP contribution in [0.4, 0.5) is 0 Å². The Morgan fingerprint density at radius 2 is 1.00 bits per heavy atom. The van der Waals surface area contributed by atoms with E-state index in [1.54, 1.807) is 14.2 Å². The second-order valence-electron chi connectivity index (χ2n) is 5.77. The molecule has 0 aromatic heterocycles. The molecular formula is C18H25OSi. The maximum absolute atomic E-state index is 4.25. The molecule has 2 rings (SSSR count). The second kappa shape index (κ2) is 8.03. The van der Waals surface area contributed by atoms with Crippen molar-refractivity contribution in [2.75, 3.05) is 14.2 Å². The van der Waals surface area contributed by atoms with E-state index in [9.17, 15) is 0 Å². The van der Waals surface area contributed by atoms with Gasteiger partial charge in [-0.2, -0.15) is 0 Å². The van der Waals surface area contributed by atoms with Crippen LogP contribution in [0.3, 0.4) is 0 Å². The highest BCUT2D eigenvalue weighted by atomic mass is 28.3. The van der Waals surface area contributed by atoms with Gasteiger partial charge in [-0.3, -0.25) is 0 Å². The van der Waals surface area contributed by atoms with Gasteiger partial charge in [-0.25, -0.2) is 0 Å². The average Bonchev–Trinajstić information content (AvgIpc) is 2.41. The van der Waals surface area contributed by atoms with E-state index >= 15 is 0 Å². The summed E-state index contributed by atoms with van der Waals surface area (Å²) in [6.07, 6.45) is 0. The van der Waals surface area contributed by atoms with Crippen molar-refractivity contribution in [1.82, 2.24) is 0 Å². The summed E-state index contributed by atoms with van der Waals surface area (Å²) in [6.45, 7) is 7.05. The summed E-state index contributed by atoms with van der Waals surface area (Å²) < 4.78 is 4.25. The molecule has 0 aliphatic heterocycles. The molecule has 2 aromatic carbocycles. The Kier molecular flexibility index (Phi) is 6.69. The maximum atomic E-state index is 4.25. The van der Waals surface area contributed by atoms with Crippen LogP contribution in [-0.2, 0) is 4.74 Å². The summed E-state index contributed by atoms with van der Waals surface area (Å²) in [5.41, 5.74) is 0. The average molecular weight is 285 g/mol. The Balaban J connectivity index is 0.000000612. The van der Waals surface area contributed by atoms with E-state index in [4.69, 9.17) is 0 Å². The van der Waals surface area contributed by atoms with Crippen molar-refractivity contribution in [1.29, 1.82) is 0 Å². The van der Waals surface area contributed by atoms with E-state index in [2.05, 4.69) is 86.2 Å². The molecule has 2 aromatic rings. The van der Waals surface area contributed by atoms with Crippen molar-refractivity contribution in [2.24, 2.45) is 0 Å². The van der Waals surface area contributed by atoms with Gasteiger partial charge >= 0.3 is 0 Å². The molecule has 0 saturated heterocycles. The maximum Gasteiger partial charge on any atom is 0.126 e. The van der Waals surface area contributed by atoms with Crippen LogP contribution in [0.5, 0.6) is 0 Å². The molecule has 1 nitrogen and oxygen atoms in total. The fourth-order valence-corrected chi connectivity index (χ4v) is 5.36. The number of methoxy groups -OCH3 is 1. The SMILES string of the molecule is CC(C)(C)[Si](c1ccccc1)c1ccccc1.COC. The van der Waals surface area contributed by atoms with Crippen molar-refractivity contribution < 1.29 is 4.74 Å². The third-order valence-corrected chi connectivity index (χ3v) is 6.20. The monoisotopic (exact) mass is 285 g/mol. The lowest BCUT2D eigenvalue weighted by Gasteiger charge is -2.29. The molecule has 20 heavy (non-hydrogen) atoms. The lowest BCUT2D eigenvalue weighted by Crippen LogP contribution is -2.48. The Labute approximate surface area is 125 Å². The lowest BCUT2D eigenvalue weighted by atomic mass is 10.2. The molecule has 0 unspecified atom stereocenters. The minimum atomic E-state index is -0.715. The van der Waals surface area contributed by atoms with E-state index in [0.29, 0.717) is 5.04 Å². The molecule has 107 valence electrons. The highest BCUT2D eigenvalue weighted by Gasteiger charge is 2.29. The zero-order valence-corrected chi connectivity index (χ0v) is 14.2. The molecule has 0 N–H and O–H groups in total. The molecule has 0 fully saturated rings. The number of ether oxygens (including phenoxy) is 1. The molecule has 0 aliphatic carbocycles. The van der Waals surface area contributed by atoms with Gasteiger partial charge in [0, 0.05) is 14.2 Å². The van der Waals surface area contributed by atoms with Gasteiger partial charge in [-0.15, -0.1) is 0 Å². The van der Waals surface area contributed by atoms with Gasteiger partial charge in [0.05, 0.1) is 0 Å². The van der Waals surface area contributed by atoms with Gasteiger partial charge in [0.15, 0.2) is 0 Å². The quantitative estimate of drug-likeness (QED) is 0.769. The van der Waals surface area contributed by atoms with Crippen molar-refractivity contribution in [3.63, 3.8) is 0 Å². The molecule has 0 bridgehead atoms. The van der Waals surface area contributed by atoms with Crippen LogP contribution in [0.15, 0.2) is 60.7 Å². The minimum Gasteiger partial charge on any atom is -0.388 e. The van der Waals surface area contributed by atoms with Gasteiger partial charge in [0.25, 0.3) is 0 Å². The smallest absolute Gasteiger partial charge is 0.126 e. The first-order chi connectivity index (χ1) is 9.50. The van der Waals surface area contributed by atoms with E-state index in [1.165, 1.54) is 10.4 Å². The molecule has 0 saturated carbocycles. The first-order valence-corrected chi connectivity index (χ1v) is 8.39. The third kappa shape index (κ3) is 4.95. The Hall–Kier alpha value is -1.38. The first kappa shape index (κ1) is 16.7. The summed E-state index contributed by atoms with van der Waals surface area (Å²) >= 11 is 0. The normalized spacial score (nSPS) is 10.9. The largest absolute Gasteiger partial charge is 0.388 e.